The topological polar surface area (TPSA) is 71.4 Å². The molecule has 22 heavy (non-hydrogen) atoms. The number of hydrogen-bond donors (Lipinski definition) is 1. The minimum Gasteiger partial charge on any atom is -0.478 e. The Hall–Kier alpha value is -1.32. The summed E-state index contributed by atoms with van der Waals surface area (Å²) in [7, 11) is -4.35. The van der Waals surface area contributed by atoms with Crippen LogP contribution < -0.4 is 0 Å². The fraction of sp³-hybridized carbons (Fsp3) is 0. The van der Waals surface area contributed by atoms with E-state index in [2.05, 4.69) is 31.9 Å². The minimum absolute atomic E-state index is 0.109. The Morgan fingerprint density at radius 1 is 1.05 bits per heavy atom. The maximum atomic E-state index is 14.1. The summed E-state index contributed by atoms with van der Waals surface area (Å²) in [4.78, 5) is 9.81. The Kier molecular flexibility index (Phi) is 4.69. The summed E-state index contributed by atoms with van der Waals surface area (Å²) in [5, 5.41) is 8.95. The van der Waals surface area contributed by atoms with Crippen LogP contribution in [0.15, 0.2) is 49.1 Å². The smallest absolute Gasteiger partial charge is 0.335 e. The standard InChI is InChI=1S/C13H6Br2F2O4S/c14-8-5-7(1-2-10(8)16)22(20,21)11-4-6(13(18)19)3-9(15)12(11)17/h1-5H,(H,18,19). The van der Waals surface area contributed by atoms with Gasteiger partial charge < -0.3 is 5.11 Å². The van der Waals surface area contributed by atoms with Crippen LogP contribution in [-0.4, -0.2) is 19.5 Å². The van der Waals surface area contributed by atoms with Crippen molar-refractivity contribution in [2.24, 2.45) is 0 Å². The summed E-state index contributed by atoms with van der Waals surface area (Å²) in [6.07, 6.45) is 0. The fourth-order valence-corrected chi connectivity index (χ4v) is 4.18. The van der Waals surface area contributed by atoms with E-state index in [0.717, 1.165) is 30.3 Å². The Labute approximate surface area is 141 Å². The monoisotopic (exact) mass is 454 g/mol. The number of rotatable bonds is 3. The molecule has 2 aromatic carbocycles. The number of halogens is 4. The molecule has 0 aromatic heterocycles. The van der Waals surface area contributed by atoms with Crippen LogP contribution in [0.3, 0.4) is 0 Å². The van der Waals surface area contributed by atoms with Crippen LogP contribution in [0, 0.1) is 11.6 Å². The average Bonchev–Trinajstić information content (AvgIpc) is 2.44. The second-order valence-electron chi connectivity index (χ2n) is 4.15. The zero-order valence-corrected chi connectivity index (χ0v) is 14.5. The third-order valence-electron chi connectivity index (χ3n) is 2.73. The molecule has 4 nitrogen and oxygen atoms in total. The molecule has 0 radical (unpaired) electrons. The van der Waals surface area contributed by atoms with E-state index in [0.29, 0.717) is 0 Å². The highest BCUT2D eigenvalue weighted by molar-refractivity contribution is 9.10. The van der Waals surface area contributed by atoms with E-state index < -0.39 is 37.9 Å². The molecule has 0 aliphatic rings. The Bertz CT molecular complexity index is 882. The first kappa shape index (κ1) is 17.0. The van der Waals surface area contributed by atoms with Crippen molar-refractivity contribution < 1.29 is 27.1 Å². The Morgan fingerprint density at radius 2 is 1.68 bits per heavy atom. The molecule has 116 valence electrons. The summed E-state index contributed by atoms with van der Waals surface area (Å²) in [5.41, 5.74) is -0.395. The highest BCUT2D eigenvalue weighted by atomic mass is 79.9. The Morgan fingerprint density at radius 3 is 2.23 bits per heavy atom. The van der Waals surface area contributed by atoms with Gasteiger partial charge in [0.05, 0.1) is 19.4 Å². The molecule has 9 heteroatoms. The van der Waals surface area contributed by atoms with E-state index in [9.17, 15) is 22.0 Å². The molecule has 0 aliphatic heterocycles. The van der Waals surface area contributed by atoms with E-state index in [1.807, 2.05) is 0 Å². The molecular weight excluding hydrogens is 450 g/mol. The fourth-order valence-electron chi connectivity index (χ4n) is 1.65. The molecule has 2 aromatic rings. The molecule has 0 saturated heterocycles. The number of carbonyl (C=O) groups is 1. The maximum absolute atomic E-state index is 14.1. The van der Waals surface area contributed by atoms with Gasteiger partial charge in [-0.2, -0.15) is 0 Å². The SMILES string of the molecule is O=C(O)c1cc(Br)c(F)c(S(=O)(=O)c2ccc(F)c(Br)c2)c1. The molecule has 0 atom stereocenters. The largest absolute Gasteiger partial charge is 0.478 e. The number of sulfone groups is 1. The summed E-state index contributed by atoms with van der Waals surface area (Å²) >= 11 is 5.63. The van der Waals surface area contributed by atoms with Crippen LogP contribution in [0.5, 0.6) is 0 Å². The maximum Gasteiger partial charge on any atom is 0.335 e. The van der Waals surface area contributed by atoms with E-state index in [1.54, 1.807) is 0 Å². The lowest BCUT2D eigenvalue weighted by molar-refractivity contribution is 0.0696. The second kappa shape index (κ2) is 6.05. The van der Waals surface area contributed by atoms with Gasteiger partial charge in [-0.05, 0) is 62.2 Å². The number of carboxylic acid groups (broad SMARTS) is 1. The molecule has 1 N–H and O–H groups in total. The van der Waals surface area contributed by atoms with Gasteiger partial charge in [0.25, 0.3) is 0 Å². The second-order valence-corrected chi connectivity index (χ2v) is 7.78. The van der Waals surface area contributed by atoms with E-state index in [4.69, 9.17) is 5.11 Å². The third kappa shape index (κ3) is 3.06. The van der Waals surface area contributed by atoms with Crippen LogP contribution >= 0.6 is 31.9 Å². The van der Waals surface area contributed by atoms with Gasteiger partial charge in [-0.1, -0.05) is 0 Å². The van der Waals surface area contributed by atoms with Gasteiger partial charge in [0, 0.05) is 0 Å². The first-order valence-electron chi connectivity index (χ1n) is 5.57. The molecule has 2 rings (SSSR count). The summed E-state index contributed by atoms with van der Waals surface area (Å²) in [6, 6.07) is 4.53. The Balaban J connectivity index is 2.73. The van der Waals surface area contributed by atoms with Crippen LogP contribution in [0.4, 0.5) is 8.78 Å². The molecule has 0 amide bonds. The van der Waals surface area contributed by atoms with Gasteiger partial charge in [-0.3, -0.25) is 0 Å². The number of hydrogen-bond acceptors (Lipinski definition) is 3. The summed E-state index contributed by atoms with van der Waals surface area (Å²) in [6.45, 7) is 0. The van der Waals surface area contributed by atoms with Crippen molar-refractivity contribution in [3.63, 3.8) is 0 Å². The first-order chi connectivity index (χ1) is 10.1. The molecule has 0 bridgehead atoms. The van der Waals surface area contributed by atoms with Crippen molar-refractivity contribution in [3.05, 3.63) is 56.5 Å². The molecule has 0 unspecified atom stereocenters. The number of carboxylic acids is 1. The van der Waals surface area contributed by atoms with Crippen LogP contribution in [0.25, 0.3) is 0 Å². The lowest BCUT2D eigenvalue weighted by Crippen LogP contribution is -2.08. The van der Waals surface area contributed by atoms with Gasteiger partial charge in [0.1, 0.15) is 10.7 Å². The predicted molar refractivity (Wildman–Crippen MR) is 80.6 cm³/mol. The van der Waals surface area contributed by atoms with Crippen LogP contribution in [-0.2, 0) is 9.84 Å². The zero-order valence-electron chi connectivity index (χ0n) is 10.5. The van der Waals surface area contributed by atoms with Crippen molar-refractivity contribution in [2.75, 3.05) is 0 Å². The van der Waals surface area contributed by atoms with Gasteiger partial charge >= 0.3 is 5.97 Å². The van der Waals surface area contributed by atoms with Crippen molar-refractivity contribution in [1.82, 2.24) is 0 Å². The van der Waals surface area contributed by atoms with Gasteiger partial charge in [-0.25, -0.2) is 22.0 Å². The van der Waals surface area contributed by atoms with E-state index in [-0.39, 0.29) is 13.8 Å². The quantitative estimate of drug-likeness (QED) is 0.709. The molecule has 0 heterocycles. The van der Waals surface area contributed by atoms with Gasteiger partial charge in [0.2, 0.25) is 9.84 Å². The lowest BCUT2D eigenvalue weighted by Gasteiger charge is -2.09. The van der Waals surface area contributed by atoms with Crippen LogP contribution in [0.2, 0.25) is 0 Å². The molecule has 0 aliphatic carbocycles. The third-order valence-corrected chi connectivity index (χ3v) is 5.67. The van der Waals surface area contributed by atoms with Crippen molar-refractivity contribution in [3.8, 4) is 0 Å². The molecule has 0 saturated carbocycles. The normalized spacial score (nSPS) is 11.5. The lowest BCUT2D eigenvalue weighted by atomic mass is 10.2. The van der Waals surface area contributed by atoms with Crippen molar-refractivity contribution in [2.45, 2.75) is 9.79 Å². The van der Waals surface area contributed by atoms with E-state index >= 15 is 0 Å². The van der Waals surface area contributed by atoms with Crippen molar-refractivity contribution >= 4 is 47.7 Å². The van der Waals surface area contributed by atoms with Crippen LogP contribution in [0.1, 0.15) is 10.4 Å². The highest BCUT2D eigenvalue weighted by Crippen LogP contribution is 2.31. The van der Waals surface area contributed by atoms with Gasteiger partial charge in [0.15, 0.2) is 5.82 Å². The zero-order chi connectivity index (χ0) is 16.7. The van der Waals surface area contributed by atoms with E-state index in [1.165, 1.54) is 0 Å². The molecule has 0 fully saturated rings. The first-order valence-corrected chi connectivity index (χ1v) is 8.64. The minimum atomic E-state index is -4.35. The number of benzene rings is 2. The van der Waals surface area contributed by atoms with Crippen molar-refractivity contribution in [1.29, 1.82) is 0 Å². The summed E-state index contributed by atoms with van der Waals surface area (Å²) in [5.74, 6) is -3.21. The number of aromatic carboxylic acids is 1. The molecule has 0 spiro atoms. The van der Waals surface area contributed by atoms with Gasteiger partial charge in [-0.15, -0.1) is 0 Å². The predicted octanol–water partition coefficient (Wildman–Crippen LogP) is 4.02. The summed E-state index contributed by atoms with van der Waals surface area (Å²) < 4.78 is 51.8. The average molecular weight is 456 g/mol. The highest BCUT2D eigenvalue weighted by Gasteiger charge is 2.26. The molecular formula is C13H6Br2F2O4S.